The van der Waals surface area contributed by atoms with Crippen molar-refractivity contribution in [2.24, 2.45) is 13.0 Å². The van der Waals surface area contributed by atoms with Crippen LogP contribution in [-0.4, -0.2) is 49.5 Å². The van der Waals surface area contributed by atoms with E-state index in [1.54, 1.807) is 4.68 Å². The maximum atomic E-state index is 13.4. The molecule has 0 radical (unpaired) electrons. The molecular formula is C20H32N4O2. The molecule has 3 rings (SSSR count). The van der Waals surface area contributed by atoms with Crippen molar-refractivity contribution in [1.29, 1.82) is 0 Å². The van der Waals surface area contributed by atoms with Crippen LogP contribution in [0.2, 0.25) is 0 Å². The summed E-state index contributed by atoms with van der Waals surface area (Å²) in [5, 5.41) is 4.24. The van der Waals surface area contributed by atoms with Gasteiger partial charge in [0.25, 0.3) is 0 Å². The minimum Gasteiger partial charge on any atom is -0.337 e. The molecule has 2 fully saturated rings. The van der Waals surface area contributed by atoms with Crippen LogP contribution in [0.3, 0.4) is 0 Å². The van der Waals surface area contributed by atoms with Gasteiger partial charge in [-0.1, -0.05) is 19.3 Å². The minimum atomic E-state index is -0.231. The zero-order valence-electron chi connectivity index (χ0n) is 16.6. The molecule has 6 nitrogen and oxygen atoms in total. The summed E-state index contributed by atoms with van der Waals surface area (Å²) in [4.78, 5) is 29.7. The summed E-state index contributed by atoms with van der Waals surface area (Å²) in [5.41, 5.74) is 0.828. The van der Waals surface area contributed by atoms with Crippen LogP contribution in [0, 0.1) is 5.92 Å². The third-order valence-corrected chi connectivity index (χ3v) is 5.69. The smallest absolute Gasteiger partial charge is 0.228 e. The maximum Gasteiger partial charge on any atom is 0.228 e. The predicted octanol–water partition coefficient (Wildman–Crippen LogP) is 2.73. The number of amides is 2. The number of aromatic nitrogens is 2. The molecule has 1 atom stereocenters. The van der Waals surface area contributed by atoms with E-state index in [2.05, 4.69) is 5.10 Å². The van der Waals surface area contributed by atoms with E-state index in [-0.39, 0.29) is 29.3 Å². The van der Waals surface area contributed by atoms with Crippen LogP contribution in [0.15, 0.2) is 12.4 Å². The third kappa shape index (κ3) is 4.10. The second kappa shape index (κ2) is 7.41. The number of rotatable bonds is 4. The zero-order chi connectivity index (χ0) is 18.9. The molecule has 1 aromatic heterocycles. The lowest BCUT2D eigenvalue weighted by Crippen LogP contribution is -2.46. The molecule has 2 heterocycles. The average Bonchev–Trinajstić information content (AvgIpc) is 3.18. The number of likely N-dealkylation sites (tertiary alicyclic amines) is 1. The van der Waals surface area contributed by atoms with E-state index in [1.807, 2.05) is 50.0 Å². The standard InChI is InChI=1S/C20H32N4O2/c1-20(2,3)24-14-16(10-18(24)25)19(26)23(17-8-6-5-7-9-17)13-15-11-21-22(4)12-15/h11-12,16-17H,5-10,13-14H2,1-4H3/t16-/m0/s1. The SMILES string of the molecule is Cn1cc(CN(C(=O)[C@H]2CC(=O)N(C(C)(C)C)C2)C2CCCCC2)cn1. The molecule has 2 amide bonds. The van der Waals surface area contributed by atoms with Crippen LogP contribution in [0.25, 0.3) is 0 Å². The van der Waals surface area contributed by atoms with Crippen LogP contribution >= 0.6 is 0 Å². The van der Waals surface area contributed by atoms with Gasteiger partial charge in [-0.15, -0.1) is 0 Å². The third-order valence-electron chi connectivity index (χ3n) is 5.69. The Morgan fingerprint density at radius 3 is 2.50 bits per heavy atom. The van der Waals surface area contributed by atoms with E-state index >= 15 is 0 Å². The van der Waals surface area contributed by atoms with Crippen molar-refractivity contribution in [3.63, 3.8) is 0 Å². The lowest BCUT2D eigenvalue weighted by Gasteiger charge is -2.36. The number of hydrogen-bond acceptors (Lipinski definition) is 3. The average molecular weight is 361 g/mol. The summed E-state index contributed by atoms with van der Waals surface area (Å²) in [6.45, 7) is 7.24. The molecule has 6 heteroatoms. The Bertz CT molecular complexity index is 655. The summed E-state index contributed by atoms with van der Waals surface area (Å²) in [6.07, 6.45) is 9.90. The van der Waals surface area contributed by atoms with E-state index in [9.17, 15) is 9.59 Å². The molecule has 1 aliphatic carbocycles. The van der Waals surface area contributed by atoms with Gasteiger partial charge in [0.1, 0.15) is 0 Å². The highest BCUT2D eigenvalue weighted by Gasteiger charge is 2.42. The van der Waals surface area contributed by atoms with Crippen LogP contribution in [-0.2, 0) is 23.2 Å². The van der Waals surface area contributed by atoms with Crippen LogP contribution in [0.4, 0.5) is 0 Å². The second-order valence-corrected chi connectivity index (χ2v) is 8.86. The van der Waals surface area contributed by atoms with E-state index < -0.39 is 0 Å². The summed E-state index contributed by atoms with van der Waals surface area (Å²) in [5.74, 6) is 0.0157. The molecule has 1 aromatic rings. The molecule has 0 aromatic carbocycles. The van der Waals surface area contributed by atoms with Gasteiger partial charge in [-0.2, -0.15) is 5.10 Å². The quantitative estimate of drug-likeness (QED) is 0.829. The largest absolute Gasteiger partial charge is 0.337 e. The maximum absolute atomic E-state index is 13.4. The fraction of sp³-hybridized carbons (Fsp3) is 0.750. The van der Waals surface area contributed by atoms with E-state index in [0.29, 0.717) is 19.5 Å². The van der Waals surface area contributed by atoms with Crippen molar-refractivity contribution >= 4 is 11.8 Å². The highest BCUT2D eigenvalue weighted by molar-refractivity contribution is 5.89. The van der Waals surface area contributed by atoms with Gasteiger partial charge in [0.05, 0.1) is 12.1 Å². The molecule has 0 bridgehead atoms. The van der Waals surface area contributed by atoms with Crippen molar-refractivity contribution in [3.8, 4) is 0 Å². The molecule has 0 spiro atoms. The molecule has 0 N–H and O–H groups in total. The lowest BCUT2D eigenvalue weighted by molar-refractivity contribution is -0.139. The Morgan fingerprint density at radius 1 is 1.27 bits per heavy atom. The van der Waals surface area contributed by atoms with Gasteiger partial charge in [0.15, 0.2) is 0 Å². The first-order valence-electron chi connectivity index (χ1n) is 9.84. The number of carbonyl (C=O) groups is 2. The molecule has 0 unspecified atom stereocenters. The zero-order valence-corrected chi connectivity index (χ0v) is 16.6. The first-order valence-corrected chi connectivity index (χ1v) is 9.84. The molecule has 1 saturated carbocycles. The Labute approximate surface area is 156 Å². The fourth-order valence-corrected chi connectivity index (χ4v) is 4.29. The molecular weight excluding hydrogens is 328 g/mol. The van der Waals surface area contributed by atoms with Gasteiger partial charge >= 0.3 is 0 Å². The van der Waals surface area contributed by atoms with Crippen LogP contribution in [0.5, 0.6) is 0 Å². The molecule has 26 heavy (non-hydrogen) atoms. The van der Waals surface area contributed by atoms with Gasteiger partial charge in [-0.05, 0) is 33.6 Å². The predicted molar refractivity (Wildman–Crippen MR) is 100 cm³/mol. The van der Waals surface area contributed by atoms with Gasteiger partial charge < -0.3 is 9.80 Å². The monoisotopic (exact) mass is 360 g/mol. The normalized spacial score (nSPS) is 22.1. The fourth-order valence-electron chi connectivity index (χ4n) is 4.29. The van der Waals surface area contributed by atoms with Crippen LogP contribution < -0.4 is 0 Å². The van der Waals surface area contributed by atoms with Gasteiger partial charge in [0.2, 0.25) is 11.8 Å². The molecule has 1 saturated heterocycles. The molecule has 1 aliphatic heterocycles. The molecule has 2 aliphatic rings. The van der Waals surface area contributed by atoms with Gasteiger partial charge in [-0.25, -0.2) is 0 Å². The lowest BCUT2D eigenvalue weighted by atomic mass is 9.92. The second-order valence-electron chi connectivity index (χ2n) is 8.86. The van der Waals surface area contributed by atoms with Gasteiger partial charge in [0, 0.05) is 49.9 Å². The number of aryl methyl sites for hydroxylation is 1. The molecule has 144 valence electrons. The van der Waals surface area contributed by atoms with E-state index in [0.717, 1.165) is 18.4 Å². The Hall–Kier alpha value is -1.85. The topological polar surface area (TPSA) is 58.4 Å². The van der Waals surface area contributed by atoms with Crippen molar-refractivity contribution < 1.29 is 9.59 Å². The van der Waals surface area contributed by atoms with Crippen LogP contribution in [0.1, 0.15) is 64.9 Å². The first kappa shape index (κ1) is 18.9. The van der Waals surface area contributed by atoms with Crippen molar-refractivity contribution in [3.05, 3.63) is 18.0 Å². The Kier molecular flexibility index (Phi) is 5.39. The summed E-state index contributed by atoms with van der Waals surface area (Å²) in [6, 6.07) is 0.287. The van der Waals surface area contributed by atoms with E-state index in [1.165, 1.54) is 19.3 Å². The minimum absolute atomic E-state index is 0.0980. The number of nitrogens with zero attached hydrogens (tertiary/aromatic N) is 4. The highest BCUT2D eigenvalue weighted by Crippen LogP contribution is 2.30. The highest BCUT2D eigenvalue weighted by atomic mass is 16.2. The summed E-state index contributed by atoms with van der Waals surface area (Å²) < 4.78 is 1.78. The van der Waals surface area contributed by atoms with Gasteiger partial charge in [-0.3, -0.25) is 14.3 Å². The Morgan fingerprint density at radius 2 is 1.96 bits per heavy atom. The summed E-state index contributed by atoms with van der Waals surface area (Å²) in [7, 11) is 1.90. The van der Waals surface area contributed by atoms with Crippen molar-refractivity contribution in [1.82, 2.24) is 19.6 Å². The number of carbonyl (C=O) groups excluding carboxylic acids is 2. The van der Waals surface area contributed by atoms with Crippen molar-refractivity contribution in [2.75, 3.05) is 6.54 Å². The van der Waals surface area contributed by atoms with Crippen molar-refractivity contribution in [2.45, 2.75) is 77.4 Å². The van der Waals surface area contributed by atoms with E-state index in [4.69, 9.17) is 0 Å². The Balaban J connectivity index is 1.77. The number of hydrogen-bond donors (Lipinski definition) is 0. The first-order chi connectivity index (χ1) is 12.3. The summed E-state index contributed by atoms with van der Waals surface area (Å²) >= 11 is 0.